The molecule has 0 unspecified atom stereocenters. The van der Waals surface area contributed by atoms with Crippen LogP contribution >= 0.6 is 0 Å². The van der Waals surface area contributed by atoms with Crippen molar-refractivity contribution in [3.05, 3.63) is 59.7 Å². The molecule has 0 radical (unpaired) electrons. The van der Waals surface area contributed by atoms with Crippen LogP contribution in [0, 0.1) is 0 Å². The molecule has 0 spiro atoms. The molecule has 5 nitrogen and oxygen atoms in total. The maximum Gasteiger partial charge on any atom is 0.337 e. The molecule has 0 bridgehead atoms. The Hall–Kier alpha value is -2.82. The quantitative estimate of drug-likeness (QED) is 0.0654. The number of esters is 2. The van der Waals surface area contributed by atoms with Crippen LogP contribution < -0.4 is 4.74 Å². The van der Waals surface area contributed by atoms with Crippen LogP contribution in [0.15, 0.2) is 54.1 Å². The van der Waals surface area contributed by atoms with Crippen molar-refractivity contribution in [2.45, 2.75) is 104 Å². The molecular weight excluding hydrogens is 476 g/mol. The van der Waals surface area contributed by atoms with E-state index in [1.54, 1.807) is 26.2 Å². The number of hydrogen-bond acceptors (Lipinski definition) is 5. The van der Waals surface area contributed by atoms with E-state index >= 15 is 0 Å². The van der Waals surface area contributed by atoms with Crippen molar-refractivity contribution >= 4 is 18.0 Å². The molecule has 1 aromatic rings. The van der Waals surface area contributed by atoms with E-state index in [1.165, 1.54) is 57.8 Å². The SMILES string of the molecule is C/C=C(\COC(=O)CCCCCCC/C=C\CCCCCCCC)C(=O)OC/C=C/c1ccc(OC)cc1. The second-order valence-corrected chi connectivity index (χ2v) is 9.58. The molecule has 212 valence electrons. The summed E-state index contributed by atoms with van der Waals surface area (Å²) < 4.78 is 15.7. The Bertz CT molecular complexity index is 835. The van der Waals surface area contributed by atoms with E-state index in [4.69, 9.17) is 14.2 Å². The van der Waals surface area contributed by atoms with Gasteiger partial charge in [-0.3, -0.25) is 4.79 Å². The summed E-state index contributed by atoms with van der Waals surface area (Å²) in [4.78, 5) is 24.3. The topological polar surface area (TPSA) is 61.8 Å². The molecule has 38 heavy (non-hydrogen) atoms. The second-order valence-electron chi connectivity index (χ2n) is 9.58. The van der Waals surface area contributed by atoms with Crippen molar-refractivity contribution in [3.8, 4) is 5.75 Å². The molecule has 0 atom stereocenters. The lowest BCUT2D eigenvalue weighted by Gasteiger charge is -2.08. The number of methoxy groups -OCH3 is 1. The van der Waals surface area contributed by atoms with E-state index in [0.29, 0.717) is 12.0 Å². The van der Waals surface area contributed by atoms with Gasteiger partial charge in [0.1, 0.15) is 19.0 Å². The number of ether oxygens (including phenoxy) is 3. The Balaban J connectivity index is 2.04. The first-order chi connectivity index (χ1) is 18.6. The van der Waals surface area contributed by atoms with Crippen molar-refractivity contribution in [2.24, 2.45) is 0 Å². The third-order valence-electron chi connectivity index (χ3n) is 6.38. The number of allylic oxidation sites excluding steroid dienone is 3. The van der Waals surface area contributed by atoms with Crippen LogP contribution in [0.25, 0.3) is 6.08 Å². The molecule has 1 rings (SSSR count). The molecule has 0 N–H and O–H groups in total. The highest BCUT2D eigenvalue weighted by atomic mass is 16.5. The van der Waals surface area contributed by atoms with Crippen molar-refractivity contribution in [1.82, 2.24) is 0 Å². The Morgan fingerprint density at radius 1 is 0.763 bits per heavy atom. The fourth-order valence-corrected chi connectivity index (χ4v) is 3.95. The van der Waals surface area contributed by atoms with Gasteiger partial charge >= 0.3 is 11.9 Å². The third-order valence-corrected chi connectivity index (χ3v) is 6.38. The Morgan fingerprint density at radius 2 is 1.37 bits per heavy atom. The first-order valence-corrected chi connectivity index (χ1v) is 14.5. The summed E-state index contributed by atoms with van der Waals surface area (Å²) in [5, 5.41) is 0. The van der Waals surface area contributed by atoms with Gasteiger partial charge in [0.2, 0.25) is 0 Å². The summed E-state index contributed by atoms with van der Waals surface area (Å²) in [6, 6.07) is 7.58. The van der Waals surface area contributed by atoms with E-state index in [0.717, 1.165) is 37.0 Å². The average molecular weight is 527 g/mol. The zero-order chi connectivity index (χ0) is 27.7. The summed E-state index contributed by atoms with van der Waals surface area (Å²) in [7, 11) is 1.62. The largest absolute Gasteiger partial charge is 0.497 e. The highest BCUT2D eigenvalue weighted by Crippen LogP contribution is 2.13. The van der Waals surface area contributed by atoms with Gasteiger partial charge in [-0.25, -0.2) is 4.79 Å². The maximum atomic E-state index is 12.3. The van der Waals surface area contributed by atoms with Gasteiger partial charge in [0.15, 0.2) is 0 Å². The summed E-state index contributed by atoms with van der Waals surface area (Å²) in [6.45, 7) is 4.08. The number of unbranched alkanes of at least 4 members (excludes halogenated alkanes) is 11. The van der Waals surface area contributed by atoms with Gasteiger partial charge in [-0.05, 0) is 62.8 Å². The van der Waals surface area contributed by atoms with E-state index in [1.807, 2.05) is 30.3 Å². The molecular formula is C33H50O5. The number of carbonyl (C=O) groups excluding carboxylic acids is 2. The van der Waals surface area contributed by atoms with Crippen LogP contribution in [0.1, 0.15) is 109 Å². The highest BCUT2D eigenvalue weighted by molar-refractivity contribution is 5.89. The van der Waals surface area contributed by atoms with Gasteiger partial charge in [0, 0.05) is 6.42 Å². The van der Waals surface area contributed by atoms with Crippen LogP contribution in [-0.2, 0) is 19.1 Å². The zero-order valence-electron chi connectivity index (χ0n) is 24.1. The number of hydrogen-bond donors (Lipinski definition) is 0. The minimum Gasteiger partial charge on any atom is -0.497 e. The highest BCUT2D eigenvalue weighted by Gasteiger charge is 2.12. The second kappa shape index (κ2) is 23.3. The predicted molar refractivity (Wildman–Crippen MR) is 157 cm³/mol. The third kappa shape index (κ3) is 17.6. The van der Waals surface area contributed by atoms with Crippen molar-refractivity contribution in [1.29, 1.82) is 0 Å². The zero-order valence-corrected chi connectivity index (χ0v) is 24.1. The number of carbonyl (C=O) groups is 2. The molecule has 0 aliphatic rings. The normalized spacial score (nSPS) is 11.8. The van der Waals surface area contributed by atoms with E-state index in [-0.39, 0.29) is 19.2 Å². The molecule has 5 heteroatoms. The lowest BCUT2D eigenvalue weighted by molar-refractivity contribution is -0.144. The number of benzene rings is 1. The van der Waals surface area contributed by atoms with E-state index in [9.17, 15) is 9.59 Å². The molecule has 0 amide bonds. The van der Waals surface area contributed by atoms with Crippen molar-refractivity contribution in [2.75, 3.05) is 20.3 Å². The van der Waals surface area contributed by atoms with Crippen molar-refractivity contribution in [3.63, 3.8) is 0 Å². The van der Waals surface area contributed by atoms with Gasteiger partial charge < -0.3 is 14.2 Å². The summed E-state index contributed by atoms with van der Waals surface area (Å²) in [5.74, 6) is 0.0491. The van der Waals surface area contributed by atoms with Crippen LogP contribution in [0.4, 0.5) is 0 Å². The van der Waals surface area contributed by atoms with E-state index < -0.39 is 5.97 Å². The van der Waals surface area contributed by atoms with E-state index in [2.05, 4.69) is 19.1 Å². The molecule has 0 saturated heterocycles. The molecule has 0 saturated carbocycles. The van der Waals surface area contributed by atoms with Crippen molar-refractivity contribution < 1.29 is 23.8 Å². The standard InChI is InChI=1S/C33H50O5/c1-4-6-7-8-9-10-11-12-13-14-15-16-17-18-19-22-32(34)38-28-30(5-2)33(35)37-27-20-21-29-23-25-31(36-3)26-24-29/h5,12-13,20-21,23-26H,4,6-11,14-19,22,27-28H2,1-3H3/b13-12-,21-20+,30-5+. The molecule has 0 aromatic heterocycles. The molecule has 1 aromatic carbocycles. The van der Waals surface area contributed by atoms with Crippen LogP contribution in [-0.4, -0.2) is 32.3 Å². The number of rotatable bonds is 22. The molecule has 0 heterocycles. The van der Waals surface area contributed by atoms with Gasteiger partial charge in [-0.2, -0.15) is 0 Å². The Kier molecular flexibility index (Phi) is 20.4. The first-order valence-electron chi connectivity index (χ1n) is 14.5. The minimum atomic E-state index is -0.472. The fourth-order valence-electron chi connectivity index (χ4n) is 3.95. The van der Waals surface area contributed by atoms with Crippen LogP contribution in [0.5, 0.6) is 5.75 Å². The fraction of sp³-hybridized carbons (Fsp3) is 0.576. The van der Waals surface area contributed by atoms with Gasteiger partial charge in [0.05, 0.1) is 12.7 Å². The van der Waals surface area contributed by atoms with Gasteiger partial charge in [-0.15, -0.1) is 0 Å². The maximum absolute atomic E-state index is 12.3. The smallest absolute Gasteiger partial charge is 0.337 e. The molecule has 0 fully saturated rings. The lowest BCUT2D eigenvalue weighted by atomic mass is 10.1. The lowest BCUT2D eigenvalue weighted by Crippen LogP contribution is -2.15. The van der Waals surface area contributed by atoms with Gasteiger partial charge in [0.25, 0.3) is 0 Å². The summed E-state index contributed by atoms with van der Waals surface area (Å²) in [5.41, 5.74) is 1.33. The monoisotopic (exact) mass is 526 g/mol. The Morgan fingerprint density at radius 3 is 1.97 bits per heavy atom. The average Bonchev–Trinajstić information content (AvgIpc) is 2.93. The summed E-state index contributed by atoms with van der Waals surface area (Å²) >= 11 is 0. The van der Waals surface area contributed by atoms with Crippen LogP contribution in [0.2, 0.25) is 0 Å². The summed E-state index contributed by atoms with van der Waals surface area (Å²) in [6.07, 6.45) is 26.2. The van der Waals surface area contributed by atoms with Gasteiger partial charge in [-0.1, -0.05) is 94.7 Å². The minimum absolute atomic E-state index is 0.0541. The molecule has 0 aliphatic heterocycles. The Labute approximate surface area is 231 Å². The van der Waals surface area contributed by atoms with Crippen LogP contribution in [0.3, 0.4) is 0 Å². The molecule has 0 aliphatic carbocycles. The predicted octanol–water partition coefficient (Wildman–Crippen LogP) is 8.78. The first kappa shape index (κ1) is 33.2.